The fourth-order valence-corrected chi connectivity index (χ4v) is 4.81. The normalized spacial score (nSPS) is 25.6. The van der Waals surface area contributed by atoms with Crippen molar-refractivity contribution in [3.8, 4) is 0 Å². The predicted molar refractivity (Wildman–Crippen MR) is 80.1 cm³/mol. The quantitative estimate of drug-likeness (QED) is 0.773. The zero-order chi connectivity index (χ0) is 19.1. The number of aromatic carboxylic acids is 1. The second-order valence-corrected chi connectivity index (χ2v) is 8.69. The van der Waals surface area contributed by atoms with Gasteiger partial charge in [0, 0.05) is 25.3 Å². The van der Waals surface area contributed by atoms with Gasteiger partial charge in [0.05, 0.1) is 5.69 Å². The summed E-state index contributed by atoms with van der Waals surface area (Å²) in [6.07, 6.45) is -2.67. The molecule has 1 spiro atoms. The SMILES string of the molecule is CC1(Cn2nc(C3CC4(CC4)C3)c(C(F)(F)F)c2C(=O)O)CC(F)(F)C1. The van der Waals surface area contributed by atoms with Crippen LogP contribution >= 0.6 is 0 Å². The number of rotatable bonds is 4. The summed E-state index contributed by atoms with van der Waals surface area (Å²) in [5, 5.41) is 13.4. The molecule has 9 heteroatoms. The lowest BCUT2D eigenvalue weighted by Crippen LogP contribution is -2.47. The van der Waals surface area contributed by atoms with Gasteiger partial charge in [0.1, 0.15) is 5.56 Å². The third-order valence-corrected chi connectivity index (χ3v) is 6.07. The maximum absolute atomic E-state index is 13.6. The molecule has 0 aliphatic heterocycles. The van der Waals surface area contributed by atoms with E-state index in [0.29, 0.717) is 12.8 Å². The number of carbonyl (C=O) groups is 1. The molecular weight excluding hydrogens is 359 g/mol. The van der Waals surface area contributed by atoms with Crippen molar-refractivity contribution in [1.82, 2.24) is 9.78 Å². The van der Waals surface area contributed by atoms with Gasteiger partial charge in [-0.25, -0.2) is 13.6 Å². The largest absolute Gasteiger partial charge is 0.477 e. The Hall–Kier alpha value is -1.67. The van der Waals surface area contributed by atoms with Crippen LogP contribution in [-0.2, 0) is 12.7 Å². The van der Waals surface area contributed by atoms with E-state index in [1.54, 1.807) is 0 Å². The van der Waals surface area contributed by atoms with Crippen molar-refractivity contribution in [2.45, 2.75) is 70.0 Å². The van der Waals surface area contributed by atoms with Crippen molar-refractivity contribution in [2.75, 3.05) is 0 Å². The molecular formula is C17H19F5N2O2. The van der Waals surface area contributed by atoms with Crippen LogP contribution in [0.2, 0.25) is 0 Å². The molecule has 0 aromatic carbocycles. The van der Waals surface area contributed by atoms with Crippen LogP contribution in [0.5, 0.6) is 0 Å². The third kappa shape index (κ3) is 2.79. The maximum Gasteiger partial charge on any atom is 0.420 e. The Bertz CT molecular complexity index is 763. The Labute approximate surface area is 146 Å². The molecule has 3 saturated carbocycles. The second kappa shape index (κ2) is 4.98. The Kier molecular flexibility index (Phi) is 3.40. The lowest BCUT2D eigenvalue weighted by Gasteiger charge is -2.44. The zero-order valence-corrected chi connectivity index (χ0v) is 14.2. The summed E-state index contributed by atoms with van der Waals surface area (Å²) in [6, 6.07) is 0. The van der Waals surface area contributed by atoms with E-state index in [1.165, 1.54) is 6.92 Å². The van der Waals surface area contributed by atoms with Crippen molar-refractivity contribution in [3.63, 3.8) is 0 Å². The van der Waals surface area contributed by atoms with Crippen LogP contribution in [0.3, 0.4) is 0 Å². The van der Waals surface area contributed by atoms with Crippen LogP contribution in [0.1, 0.15) is 73.1 Å². The Morgan fingerprint density at radius 1 is 1.27 bits per heavy atom. The Morgan fingerprint density at radius 2 is 1.85 bits per heavy atom. The van der Waals surface area contributed by atoms with Crippen LogP contribution in [0, 0.1) is 10.8 Å². The third-order valence-electron chi connectivity index (χ3n) is 6.07. The van der Waals surface area contributed by atoms with Gasteiger partial charge in [-0.2, -0.15) is 18.3 Å². The van der Waals surface area contributed by atoms with Crippen molar-refractivity contribution in [1.29, 1.82) is 0 Å². The monoisotopic (exact) mass is 378 g/mol. The highest BCUT2D eigenvalue weighted by Gasteiger charge is 2.57. The molecule has 1 aromatic heterocycles. The number of hydrogen-bond acceptors (Lipinski definition) is 2. The molecule has 4 rings (SSSR count). The highest BCUT2D eigenvalue weighted by molar-refractivity contribution is 5.88. The first kappa shape index (κ1) is 17.7. The molecule has 4 nitrogen and oxygen atoms in total. The summed E-state index contributed by atoms with van der Waals surface area (Å²) in [6.45, 7) is 1.26. The van der Waals surface area contributed by atoms with Crippen molar-refractivity contribution in [3.05, 3.63) is 17.0 Å². The Balaban J connectivity index is 1.71. The van der Waals surface area contributed by atoms with E-state index in [2.05, 4.69) is 5.10 Å². The molecule has 3 aliphatic carbocycles. The highest BCUT2D eigenvalue weighted by atomic mass is 19.4. The number of carboxylic acids is 1. The van der Waals surface area contributed by atoms with Gasteiger partial charge in [-0.15, -0.1) is 0 Å². The number of nitrogens with zero attached hydrogens (tertiary/aromatic N) is 2. The average Bonchev–Trinajstić information content (AvgIpc) is 3.09. The smallest absolute Gasteiger partial charge is 0.420 e. The van der Waals surface area contributed by atoms with E-state index in [9.17, 15) is 31.9 Å². The molecule has 0 saturated heterocycles. The molecule has 0 atom stereocenters. The van der Waals surface area contributed by atoms with E-state index in [4.69, 9.17) is 0 Å². The fraction of sp³-hybridized carbons (Fsp3) is 0.765. The van der Waals surface area contributed by atoms with E-state index < -0.39 is 53.5 Å². The standard InChI is InChI=1S/C17H19F5N2O2/c1-14(6-16(18,19)7-14)8-24-12(13(25)26)10(17(20,21)22)11(23-24)9-4-15(5-9)2-3-15/h9H,2-8H2,1H3,(H,25,26). The zero-order valence-electron chi connectivity index (χ0n) is 14.2. The van der Waals surface area contributed by atoms with Crippen LogP contribution in [0.15, 0.2) is 0 Å². The summed E-state index contributed by atoms with van der Waals surface area (Å²) in [4.78, 5) is 11.6. The van der Waals surface area contributed by atoms with Crippen LogP contribution < -0.4 is 0 Å². The van der Waals surface area contributed by atoms with E-state index in [1.807, 2.05) is 0 Å². The molecule has 1 heterocycles. The molecule has 1 N–H and O–H groups in total. The lowest BCUT2D eigenvalue weighted by atomic mass is 9.67. The molecule has 26 heavy (non-hydrogen) atoms. The molecule has 0 radical (unpaired) electrons. The minimum absolute atomic E-state index is 0.128. The topological polar surface area (TPSA) is 55.1 Å². The van der Waals surface area contributed by atoms with Crippen LogP contribution in [-0.4, -0.2) is 26.8 Å². The van der Waals surface area contributed by atoms with Crippen LogP contribution in [0.4, 0.5) is 22.0 Å². The predicted octanol–water partition coefficient (Wildman–Crippen LogP) is 4.69. The van der Waals surface area contributed by atoms with Crippen molar-refractivity contribution in [2.24, 2.45) is 10.8 Å². The summed E-state index contributed by atoms with van der Waals surface area (Å²) >= 11 is 0. The van der Waals surface area contributed by atoms with Gasteiger partial charge < -0.3 is 5.11 Å². The lowest BCUT2D eigenvalue weighted by molar-refractivity contribution is -0.160. The van der Waals surface area contributed by atoms with E-state index in [0.717, 1.165) is 17.5 Å². The van der Waals surface area contributed by atoms with E-state index in [-0.39, 0.29) is 17.7 Å². The average molecular weight is 378 g/mol. The van der Waals surface area contributed by atoms with Gasteiger partial charge in [-0.3, -0.25) is 4.68 Å². The van der Waals surface area contributed by atoms with Crippen molar-refractivity contribution < 1.29 is 31.9 Å². The van der Waals surface area contributed by atoms with Gasteiger partial charge >= 0.3 is 12.1 Å². The molecule has 3 aliphatic rings. The minimum Gasteiger partial charge on any atom is -0.477 e. The summed E-state index contributed by atoms with van der Waals surface area (Å²) in [7, 11) is 0. The number of hydrogen-bond donors (Lipinski definition) is 1. The first-order valence-corrected chi connectivity index (χ1v) is 8.62. The number of aromatic nitrogens is 2. The minimum atomic E-state index is -4.85. The van der Waals surface area contributed by atoms with Gasteiger partial charge in [-0.1, -0.05) is 6.92 Å². The molecule has 0 unspecified atom stereocenters. The molecule has 0 amide bonds. The van der Waals surface area contributed by atoms with Crippen molar-refractivity contribution >= 4 is 5.97 Å². The molecule has 1 aromatic rings. The summed E-state index contributed by atoms with van der Waals surface area (Å²) < 4.78 is 68.1. The maximum atomic E-state index is 13.6. The van der Waals surface area contributed by atoms with Crippen LogP contribution in [0.25, 0.3) is 0 Å². The second-order valence-electron chi connectivity index (χ2n) is 8.69. The first-order chi connectivity index (χ1) is 11.8. The van der Waals surface area contributed by atoms with E-state index >= 15 is 0 Å². The molecule has 0 bridgehead atoms. The number of halogens is 5. The number of alkyl halides is 5. The van der Waals surface area contributed by atoms with Gasteiger partial charge in [0.15, 0.2) is 5.69 Å². The molecule has 3 fully saturated rings. The van der Waals surface area contributed by atoms with Gasteiger partial charge in [0.2, 0.25) is 5.92 Å². The first-order valence-electron chi connectivity index (χ1n) is 8.62. The summed E-state index contributed by atoms with van der Waals surface area (Å²) in [5.41, 5.74) is -3.21. The number of carboxylic acid groups (broad SMARTS) is 1. The van der Waals surface area contributed by atoms with Gasteiger partial charge in [-0.05, 0) is 36.5 Å². The van der Waals surface area contributed by atoms with Gasteiger partial charge in [0.25, 0.3) is 0 Å². The Morgan fingerprint density at radius 3 is 2.27 bits per heavy atom. The fourth-order valence-electron chi connectivity index (χ4n) is 4.81. The highest BCUT2D eigenvalue weighted by Crippen LogP contribution is 2.66. The summed E-state index contributed by atoms with van der Waals surface area (Å²) in [5.74, 6) is -5.00. The molecule has 144 valence electrons.